The molecule has 1 amide bonds. The summed E-state index contributed by atoms with van der Waals surface area (Å²) >= 11 is 1.58. The lowest BCUT2D eigenvalue weighted by Gasteiger charge is -2.36. The number of para-hydroxylation sites is 1. The number of anilines is 1. The molecule has 158 valence electrons. The average Bonchev–Trinajstić information content (AvgIpc) is 3.47. The molecule has 1 saturated heterocycles. The van der Waals surface area contributed by atoms with Gasteiger partial charge in [0, 0.05) is 31.9 Å². The maximum absolute atomic E-state index is 12.9. The Hall–Kier alpha value is -2.71. The van der Waals surface area contributed by atoms with Crippen LogP contribution in [0.4, 0.5) is 5.69 Å². The van der Waals surface area contributed by atoms with E-state index in [0.29, 0.717) is 24.9 Å². The fourth-order valence-corrected chi connectivity index (χ4v) is 4.45. The van der Waals surface area contributed by atoms with Crippen molar-refractivity contribution in [2.45, 2.75) is 19.9 Å². The van der Waals surface area contributed by atoms with Crippen LogP contribution in [0, 0.1) is 0 Å². The number of amides is 1. The number of quaternary nitrogens is 1. The van der Waals surface area contributed by atoms with Gasteiger partial charge in [0.05, 0.1) is 11.4 Å². The standard InChI is InChI=1S/C22H27N5O2S/c1-2-10-25(16-20-23-24-22(29-20)19-9-6-15-30-19)17-21(28)27-13-11-26(12-14-27)18-7-4-3-5-8-18/h3-9,15H,2,10-14,16-17H2,1H3/p+1. The van der Waals surface area contributed by atoms with Gasteiger partial charge in [0.15, 0.2) is 13.1 Å². The van der Waals surface area contributed by atoms with Gasteiger partial charge in [-0.15, -0.1) is 21.5 Å². The highest BCUT2D eigenvalue weighted by atomic mass is 32.1. The lowest BCUT2D eigenvalue weighted by molar-refractivity contribution is -0.907. The van der Waals surface area contributed by atoms with Crippen LogP contribution in [0.3, 0.4) is 0 Å². The number of rotatable bonds is 8. The van der Waals surface area contributed by atoms with Gasteiger partial charge < -0.3 is 19.1 Å². The minimum absolute atomic E-state index is 0.198. The molecule has 0 spiro atoms. The molecule has 1 N–H and O–H groups in total. The van der Waals surface area contributed by atoms with Crippen LogP contribution >= 0.6 is 11.3 Å². The minimum atomic E-state index is 0.198. The van der Waals surface area contributed by atoms with E-state index >= 15 is 0 Å². The third-order valence-electron chi connectivity index (χ3n) is 5.36. The van der Waals surface area contributed by atoms with E-state index in [0.717, 1.165) is 48.9 Å². The molecule has 4 rings (SSSR count). The predicted octanol–water partition coefficient (Wildman–Crippen LogP) is 1.94. The highest BCUT2D eigenvalue weighted by molar-refractivity contribution is 7.13. The summed E-state index contributed by atoms with van der Waals surface area (Å²) in [6.45, 7) is 7.31. The first-order valence-electron chi connectivity index (χ1n) is 10.5. The van der Waals surface area contributed by atoms with Gasteiger partial charge in [-0.3, -0.25) is 4.79 Å². The first-order valence-corrected chi connectivity index (χ1v) is 11.4. The molecule has 1 fully saturated rings. The minimum Gasteiger partial charge on any atom is -0.414 e. The molecule has 0 bridgehead atoms. The van der Waals surface area contributed by atoms with E-state index in [2.05, 4.69) is 46.3 Å². The van der Waals surface area contributed by atoms with Gasteiger partial charge in [-0.1, -0.05) is 31.2 Å². The number of carbonyl (C=O) groups is 1. The summed E-state index contributed by atoms with van der Waals surface area (Å²) in [5.41, 5.74) is 1.22. The number of thiophene rings is 1. The van der Waals surface area contributed by atoms with Crippen molar-refractivity contribution in [1.82, 2.24) is 15.1 Å². The van der Waals surface area contributed by atoms with Crippen molar-refractivity contribution >= 4 is 22.9 Å². The van der Waals surface area contributed by atoms with Crippen LogP contribution < -0.4 is 9.80 Å². The second kappa shape index (κ2) is 9.86. The Bertz CT molecular complexity index is 920. The van der Waals surface area contributed by atoms with Crippen molar-refractivity contribution in [3.63, 3.8) is 0 Å². The number of nitrogens with one attached hydrogen (secondary N) is 1. The molecule has 8 heteroatoms. The molecule has 1 atom stereocenters. The zero-order valence-electron chi connectivity index (χ0n) is 17.3. The molecule has 0 aliphatic carbocycles. The number of benzene rings is 1. The molecule has 0 saturated carbocycles. The normalized spacial score (nSPS) is 15.4. The van der Waals surface area contributed by atoms with Crippen molar-refractivity contribution in [2.75, 3.05) is 44.2 Å². The summed E-state index contributed by atoms with van der Waals surface area (Å²) in [5, 5.41) is 10.3. The fourth-order valence-electron chi connectivity index (χ4n) is 3.81. The second-order valence-corrected chi connectivity index (χ2v) is 8.48. The number of carbonyl (C=O) groups excluding carboxylic acids is 1. The van der Waals surface area contributed by atoms with Gasteiger partial charge in [0.2, 0.25) is 0 Å². The Kier molecular flexibility index (Phi) is 6.76. The molecule has 3 heterocycles. The Labute approximate surface area is 180 Å². The van der Waals surface area contributed by atoms with Crippen LogP contribution in [-0.2, 0) is 11.3 Å². The molecule has 1 unspecified atom stereocenters. The summed E-state index contributed by atoms with van der Waals surface area (Å²) in [5.74, 6) is 1.34. The summed E-state index contributed by atoms with van der Waals surface area (Å²) in [7, 11) is 0. The van der Waals surface area contributed by atoms with E-state index in [1.54, 1.807) is 11.3 Å². The zero-order chi connectivity index (χ0) is 20.8. The lowest BCUT2D eigenvalue weighted by Crippen LogP contribution is -3.12. The fraction of sp³-hybridized carbons (Fsp3) is 0.409. The van der Waals surface area contributed by atoms with Gasteiger partial charge >= 0.3 is 0 Å². The van der Waals surface area contributed by atoms with Gasteiger partial charge in [-0.2, -0.15) is 0 Å². The molecule has 7 nitrogen and oxygen atoms in total. The Morgan fingerprint density at radius 1 is 1.10 bits per heavy atom. The number of hydrogen-bond donors (Lipinski definition) is 1. The van der Waals surface area contributed by atoms with Crippen molar-refractivity contribution < 1.29 is 14.1 Å². The van der Waals surface area contributed by atoms with Gasteiger partial charge in [0.1, 0.15) is 0 Å². The Morgan fingerprint density at radius 2 is 1.90 bits per heavy atom. The monoisotopic (exact) mass is 426 g/mol. The SMILES string of the molecule is CCC[NH+](CC(=O)N1CCN(c2ccccc2)CC1)Cc1nnc(-c2cccs2)o1. The first-order chi connectivity index (χ1) is 14.7. The highest BCUT2D eigenvalue weighted by Gasteiger charge is 2.25. The van der Waals surface area contributed by atoms with E-state index in [-0.39, 0.29) is 5.91 Å². The van der Waals surface area contributed by atoms with Crippen LogP contribution in [0.15, 0.2) is 52.3 Å². The molecule has 1 aliphatic heterocycles. The van der Waals surface area contributed by atoms with Crippen LogP contribution in [-0.4, -0.2) is 60.3 Å². The summed E-state index contributed by atoms with van der Waals surface area (Å²) in [6, 6.07) is 14.3. The summed E-state index contributed by atoms with van der Waals surface area (Å²) in [4.78, 5) is 19.4. The molecule has 30 heavy (non-hydrogen) atoms. The van der Waals surface area contributed by atoms with E-state index in [1.165, 1.54) is 5.69 Å². The van der Waals surface area contributed by atoms with E-state index in [1.807, 2.05) is 28.5 Å². The first kappa shape index (κ1) is 20.6. The van der Waals surface area contributed by atoms with Crippen LogP contribution in [0.5, 0.6) is 0 Å². The number of nitrogens with zero attached hydrogens (tertiary/aromatic N) is 4. The third-order valence-corrected chi connectivity index (χ3v) is 6.22. The second-order valence-electron chi connectivity index (χ2n) is 7.54. The van der Waals surface area contributed by atoms with Crippen LogP contribution in [0.25, 0.3) is 10.8 Å². The lowest BCUT2D eigenvalue weighted by atomic mass is 10.2. The Balaban J connectivity index is 1.31. The van der Waals surface area contributed by atoms with Crippen molar-refractivity contribution in [1.29, 1.82) is 0 Å². The number of aromatic nitrogens is 2. The van der Waals surface area contributed by atoms with Gasteiger partial charge in [-0.05, 0) is 30.0 Å². The molecular formula is C22H28N5O2S+. The Morgan fingerprint density at radius 3 is 2.60 bits per heavy atom. The zero-order valence-corrected chi connectivity index (χ0v) is 18.1. The van der Waals surface area contributed by atoms with Crippen LogP contribution in [0.1, 0.15) is 19.2 Å². The van der Waals surface area contributed by atoms with Gasteiger partial charge in [0.25, 0.3) is 17.7 Å². The molecule has 2 aromatic heterocycles. The van der Waals surface area contributed by atoms with Crippen molar-refractivity contribution in [3.05, 3.63) is 53.7 Å². The maximum Gasteiger partial charge on any atom is 0.277 e. The molecular weight excluding hydrogens is 398 g/mol. The van der Waals surface area contributed by atoms with E-state index in [9.17, 15) is 4.79 Å². The number of hydrogen-bond acceptors (Lipinski definition) is 6. The predicted molar refractivity (Wildman–Crippen MR) is 118 cm³/mol. The average molecular weight is 427 g/mol. The van der Waals surface area contributed by atoms with Crippen molar-refractivity contribution in [2.24, 2.45) is 0 Å². The summed E-state index contributed by atoms with van der Waals surface area (Å²) in [6.07, 6.45) is 0.996. The van der Waals surface area contributed by atoms with E-state index < -0.39 is 0 Å². The quantitative estimate of drug-likeness (QED) is 0.596. The third kappa shape index (κ3) is 5.06. The highest BCUT2D eigenvalue weighted by Crippen LogP contribution is 2.22. The topological polar surface area (TPSA) is 66.9 Å². The van der Waals surface area contributed by atoms with Crippen molar-refractivity contribution in [3.8, 4) is 10.8 Å². The molecule has 1 aromatic carbocycles. The smallest absolute Gasteiger partial charge is 0.277 e. The molecule has 0 radical (unpaired) electrons. The van der Waals surface area contributed by atoms with E-state index in [4.69, 9.17) is 4.42 Å². The van der Waals surface area contributed by atoms with Gasteiger partial charge in [-0.25, -0.2) is 0 Å². The largest absolute Gasteiger partial charge is 0.414 e. The van der Waals surface area contributed by atoms with Crippen LogP contribution in [0.2, 0.25) is 0 Å². The summed E-state index contributed by atoms with van der Waals surface area (Å²) < 4.78 is 5.83. The maximum atomic E-state index is 12.9. The number of piperazine rings is 1. The molecule has 3 aromatic rings. The molecule has 1 aliphatic rings.